The minimum atomic E-state index is -1.08. The first-order chi connectivity index (χ1) is 20.0. The summed E-state index contributed by atoms with van der Waals surface area (Å²) in [5, 5.41) is 47.5. The summed E-state index contributed by atoms with van der Waals surface area (Å²) in [5.41, 5.74) is 2.42. The zero-order valence-corrected chi connectivity index (χ0v) is 24.5. The number of aliphatic hydroxyl groups excluding tert-OH is 1. The second-order valence-electron chi connectivity index (χ2n) is 12.9. The van der Waals surface area contributed by atoms with Crippen LogP contribution < -0.4 is 15.6 Å². The number of rotatable bonds is 8. The summed E-state index contributed by atoms with van der Waals surface area (Å²) in [5.74, 6) is -0.0178. The third-order valence-electron chi connectivity index (χ3n) is 10.8. The molecule has 230 valence electrons. The number of esters is 1. The molecule has 4 aliphatic carbocycles. The number of hydrogen-bond acceptors (Lipinski definition) is 10. The predicted molar refractivity (Wildman–Crippen MR) is 151 cm³/mol. The van der Waals surface area contributed by atoms with Gasteiger partial charge in [0.1, 0.15) is 6.04 Å². The first-order valence-electron chi connectivity index (χ1n) is 14.9. The number of allylic oxidation sites excluding steroid dienone is 2. The van der Waals surface area contributed by atoms with Crippen molar-refractivity contribution < 1.29 is 39.8 Å². The van der Waals surface area contributed by atoms with Gasteiger partial charge in [0.05, 0.1) is 24.6 Å². The van der Waals surface area contributed by atoms with E-state index >= 15 is 0 Å². The van der Waals surface area contributed by atoms with E-state index in [1.165, 1.54) is 24.8 Å². The average Bonchev–Trinajstić information content (AvgIpc) is 3.27. The summed E-state index contributed by atoms with van der Waals surface area (Å²) in [6, 6.07) is 2.70. The summed E-state index contributed by atoms with van der Waals surface area (Å²) in [6.45, 7) is 4.30. The van der Waals surface area contributed by atoms with Gasteiger partial charge in [-0.3, -0.25) is 15.2 Å². The van der Waals surface area contributed by atoms with Crippen molar-refractivity contribution in [2.24, 2.45) is 33.7 Å². The normalized spacial score (nSPS) is 33.5. The van der Waals surface area contributed by atoms with E-state index in [4.69, 9.17) is 9.57 Å². The molecule has 0 aromatic heterocycles. The summed E-state index contributed by atoms with van der Waals surface area (Å²) in [4.78, 5) is 30.4. The van der Waals surface area contributed by atoms with Crippen molar-refractivity contribution in [3.05, 3.63) is 35.4 Å². The molecule has 0 bridgehead atoms. The van der Waals surface area contributed by atoms with Crippen LogP contribution in [-0.2, 0) is 25.6 Å². The van der Waals surface area contributed by atoms with Crippen LogP contribution in [0.5, 0.6) is 5.75 Å². The molecule has 11 heteroatoms. The smallest absolute Gasteiger partial charge is 0.328 e. The standard InChI is InChI=1S/C31H43N3O8/c1-30-12-10-20(16-19(30)5-6-21-22-7-9-27(36)31(22,2)13-11-23(21)30)33-42-17-28(37)32-24(29(38)41-3)14-18-4-8-26(35)25(15-18)34(39)40/h4,8,15-16,21-24,27,35-36,39-40H,5-7,9-14,17H2,1-3H3,(H,32,37)/p-1/t21-,22-,23+,24-,27-,30-,31-/m0/s1. The molecule has 1 amide bonds. The Bertz CT molecular complexity index is 1260. The summed E-state index contributed by atoms with van der Waals surface area (Å²) < 4.78 is 4.80. The van der Waals surface area contributed by atoms with E-state index < -0.39 is 30.3 Å². The van der Waals surface area contributed by atoms with Crippen molar-refractivity contribution >= 4 is 23.3 Å². The van der Waals surface area contributed by atoms with E-state index in [1.54, 1.807) is 0 Å². The van der Waals surface area contributed by atoms with Gasteiger partial charge >= 0.3 is 5.97 Å². The highest BCUT2D eigenvalue weighted by atomic mass is 16.8. The molecule has 0 saturated heterocycles. The number of nitrogens with zero attached hydrogens (tertiary/aromatic N) is 2. The molecule has 7 atom stereocenters. The van der Waals surface area contributed by atoms with Crippen LogP contribution in [0.1, 0.15) is 70.8 Å². The molecule has 3 fully saturated rings. The molecule has 1 aromatic carbocycles. The molecule has 0 heterocycles. The molecule has 0 unspecified atom stereocenters. The summed E-state index contributed by atoms with van der Waals surface area (Å²) in [6.07, 6.45) is 10.1. The number of aliphatic hydroxyl groups is 1. The first-order valence-corrected chi connectivity index (χ1v) is 14.9. The SMILES string of the molecule is COC(=O)[C@H](Cc1ccc([O-])c(N(O)O)c1)NC(=O)CON=C1C=C2CC[C@@H]3[C@@H](CC[C@]4(C)[C@@H](O)CC[C@@H]34)[C@@]2(C)CC1. The Morgan fingerprint density at radius 1 is 1.14 bits per heavy atom. The molecule has 0 spiro atoms. The van der Waals surface area contributed by atoms with Crippen LogP contribution in [0.15, 0.2) is 35.0 Å². The monoisotopic (exact) mass is 584 g/mol. The molecular formula is C31H42N3O8-. The van der Waals surface area contributed by atoms with E-state index in [-0.39, 0.29) is 34.3 Å². The van der Waals surface area contributed by atoms with E-state index in [0.717, 1.165) is 63.1 Å². The molecule has 42 heavy (non-hydrogen) atoms. The summed E-state index contributed by atoms with van der Waals surface area (Å²) in [7, 11) is 1.19. The number of anilines is 1. The number of fused-ring (bicyclic) bond motifs is 5. The minimum absolute atomic E-state index is 0.0418. The Labute approximate surface area is 246 Å². The molecule has 0 aliphatic heterocycles. The van der Waals surface area contributed by atoms with Gasteiger partial charge in [0.15, 0.2) is 6.61 Å². The van der Waals surface area contributed by atoms with Gasteiger partial charge < -0.3 is 25.1 Å². The van der Waals surface area contributed by atoms with Crippen LogP contribution in [0.25, 0.3) is 0 Å². The largest absolute Gasteiger partial charge is 0.871 e. The Morgan fingerprint density at radius 3 is 2.67 bits per heavy atom. The van der Waals surface area contributed by atoms with Crippen molar-refractivity contribution in [2.75, 3.05) is 18.9 Å². The van der Waals surface area contributed by atoms with Crippen LogP contribution in [0, 0.1) is 28.6 Å². The second-order valence-corrected chi connectivity index (χ2v) is 12.9. The number of hydrogen-bond donors (Lipinski definition) is 4. The van der Waals surface area contributed by atoms with Gasteiger partial charge in [-0.05, 0) is 97.7 Å². The third kappa shape index (κ3) is 5.61. The molecule has 5 rings (SSSR count). The highest BCUT2D eigenvalue weighted by Gasteiger charge is 2.58. The van der Waals surface area contributed by atoms with Crippen LogP contribution in [0.2, 0.25) is 0 Å². The number of carbonyl (C=O) groups excluding carboxylic acids is 2. The van der Waals surface area contributed by atoms with Crippen molar-refractivity contribution in [2.45, 2.75) is 83.8 Å². The first kappa shape index (κ1) is 30.3. The van der Waals surface area contributed by atoms with Gasteiger partial charge in [0, 0.05) is 6.42 Å². The fourth-order valence-corrected chi connectivity index (χ4v) is 8.44. The van der Waals surface area contributed by atoms with E-state index in [9.17, 15) is 30.2 Å². The van der Waals surface area contributed by atoms with Gasteiger partial charge in [-0.2, -0.15) is 0 Å². The van der Waals surface area contributed by atoms with Crippen molar-refractivity contribution in [3.8, 4) is 5.75 Å². The number of amides is 1. The molecule has 3 saturated carbocycles. The average molecular weight is 585 g/mol. The number of benzene rings is 1. The van der Waals surface area contributed by atoms with Crippen LogP contribution >= 0.6 is 0 Å². The highest BCUT2D eigenvalue weighted by Crippen LogP contribution is 2.65. The van der Waals surface area contributed by atoms with Gasteiger partial charge in [0.25, 0.3) is 5.91 Å². The quantitative estimate of drug-likeness (QED) is 0.265. The van der Waals surface area contributed by atoms with Gasteiger partial charge in [0.2, 0.25) is 0 Å². The number of oxime groups is 1. The Hall–Kier alpha value is -3.15. The van der Waals surface area contributed by atoms with Crippen molar-refractivity contribution in [1.82, 2.24) is 5.32 Å². The Balaban J connectivity index is 1.19. The lowest BCUT2D eigenvalue weighted by Gasteiger charge is -2.57. The zero-order valence-electron chi connectivity index (χ0n) is 24.5. The fourth-order valence-electron chi connectivity index (χ4n) is 8.44. The number of methoxy groups -OCH3 is 1. The predicted octanol–water partition coefficient (Wildman–Crippen LogP) is 3.24. The van der Waals surface area contributed by atoms with Crippen LogP contribution in [0.4, 0.5) is 5.69 Å². The topological polar surface area (TPSA) is 164 Å². The maximum atomic E-state index is 12.6. The van der Waals surface area contributed by atoms with Crippen LogP contribution in [-0.4, -0.2) is 59.0 Å². The molecule has 0 radical (unpaired) electrons. The van der Waals surface area contributed by atoms with Gasteiger partial charge in [-0.25, -0.2) is 4.79 Å². The van der Waals surface area contributed by atoms with Gasteiger partial charge in [-0.1, -0.05) is 42.5 Å². The molecule has 4 aliphatic rings. The zero-order chi connectivity index (χ0) is 30.2. The van der Waals surface area contributed by atoms with Crippen molar-refractivity contribution in [1.29, 1.82) is 0 Å². The second kappa shape index (κ2) is 11.9. The van der Waals surface area contributed by atoms with Crippen molar-refractivity contribution in [3.63, 3.8) is 0 Å². The fraction of sp³-hybridized carbons (Fsp3) is 0.645. The lowest BCUT2D eigenvalue weighted by Crippen LogP contribution is -2.51. The Morgan fingerprint density at radius 2 is 1.93 bits per heavy atom. The lowest BCUT2D eigenvalue weighted by molar-refractivity contribution is -0.268. The van der Waals surface area contributed by atoms with Crippen LogP contribution in [0.3, 0.4) is 0 Å². The van der Waals surface area contributed by atoms with Gasteiger partial charge in [-0.15, -0.1) is 5.23 Å². The summed E-state index contributed by atoms with van der Waals surface area (Å²) >= 11 is 0. The molecule has 4 N–H and O–H groups in total. The molecular weight excluding hydrogens is 542 g/mol. The number of carbonyl (C=O) groups is 2. The van der Waals surface area contributed by atoms with E-state index in [0.29, 0.717) is 23.3 Å². The Kier molecular flexibility index (Phi) is 8.55. The molecule has 1 aromatic rings. The third-order valence-corrected chi connectivity index (χ3v) is 10.8. The number of ether oxygens (including phenoxy) is 1. The minimum Gasteiger partial charge on any atom is -0.871 e. The lowest BCUT2D eigenvalue weighted by atomic mass is 9.47. The number of nitrogens with one attached hydrogen (secondary N) is 1. The maximum absolute atomic E-state index is 12.6. The maximum Gasteiger partial charge on any atom is 0.328 e. The molecule has 11 nitrogen and oxygen atoms in total. The highest BCUT2D eigenvalue weighted by molar-refractivity contribution is 5.96. The van der Waals surface area contributed by atoms with E-state index in [2.05, 4.69) is 30.4 Å². The van der Waals surface area contributed by atoms with E-state index in [1.807, 2.05) is 0 Å².